The van der Waals surface area contributed by atoms with Crippen LogP contribution in [0.2, 0.25) is 0 Å². The predicted molar refractivity (Wildman–Crippen MR) is 119 cm³/mol. The number of aromatic nitrogens is 5. The minimum Gasteiger partial charge on any atom is -0.497 e. The van der Waals surface area contributed by atoms with Gasteiger partial charge in [0.1, 0.15) is 28.9 Å². The van der Waals surface area contributed by atoms with Crippen molar-refractivity contribution in [2.45, 2.75) is 25.4 Å². The lowest BCUT2D eigenvalue weighted by molar-refractivity contribution is 0.0773. The van der Waals surface area contributed by atoms with Crippen molar-refractivity contribution >= 4 is 11.0 Å². The first-order valence-electron chi connectivity index (χ1n) is 10.6. The number of pyridine rings is 2. The quantitative estimate of drug-likeness (QED) is 0.418. The van der Waals surface area contributed by atoms with Crippen LogP contribution in [0, 0.1) is 5.92 Å². The van der Waals surface area contributed by atoms with Crippen LogP contribution in [0.15, 0.2) is 48.8 Å². The highest BCUT2D eigenvalue weighted by Crippen LogP contribution is 2.42. The summed E-state index contributed by atoms with van der Waals surface area (Å²) >= 11 is 0. The largest absolute Gasteiger partial charge is 0.497 e. The van der Waals surface area contributed by atoms with E-state index in [4.69, 9.17) is 24.3 Å². The van der Waals surface area contributed by atoms with Crippen molar-refractivity contribution < 1.29 is 14.2 Å². The van der Waals surface area contributed by atoms with Crippen LogP contribution in [0.3, 0.4) is 0 Å². The van der Waals surface area contributed by atoms with Gasteiger partial charge in [0, 0.05) is 32.0 Å². The molecule has 32 heavy (non-hydrogen) atoms. The zero-order chi connectivity index (χ0) is 22.1. The van der Waals surface area contributed by atoms with Crippen LogP contribution in [0.25, 0.3) is 16.7 Å². The SMILES string of the molecule is COc1cc(Cc2nc(C(OC)C3CC3)nn2-c2ccnc3cccnc23)cc(OC)c1. The Labute approximate surface area is 186 Å². The number of rotatable bonds is 8. The second-order valence-corrected chi connectivity index (χ2v) is 7.89. The van der Waals surface area contributed by atoms with E-state index in [1.54, 1.807) is 33.7 Å². The molecule has 0 bridgehead atoms. The van der Waals surface area contributed by atoms with E-state index in [-0.39, 0.29) is 6.10 Å². The Morgan fingerprint density at radius 3 is 2.47 bits per heavy atom. The molecule has 1 aliphatic carbocycles. The van der Waals surface area contributed by atoms with Crippen molar-refractivity contribution in [1.82, 2.24) is 24.7 Å². The van der Waals surface area contributed by atoms with E-state index in [0.717, 1.165) is 52.4 Å². The Morgan fingerprint density at radius 1 is 1.00 bits per heavy atom. The van der Waals surface area contributed by atoms with E-state index in [1.807, 2.05) is 41.1 Å². The zero-order valence-corrected chi connectivity index (χ0v) is 18.4. The first-order valence-corrected chi connectivity index (χ1v) is 10.6. The van der Waals surface area contributed by atoms with Gasteiger partial charge in [-0.3, -0.25) is 9.97 Å². The highest BCUT2D eigenvalue weighted by Gasteiger charge is 2.36. The molecule has 0 saturated heterocycles. The van der Waals surface area contributed by atoms with Gasteiger partial charge in [0.2, 0.25) is 0 Å². The molecule has 4 aromatic rings. The lowest BCUT2D eigenvalue weighted by Gasteiger charge is -2.10. The summed E-state index contributed by atoms with van der Waals surface area (Å²) in [7, 11) is 5.01. The van der Waals surface area contributed by atoms with Gasteiger partial charge in [-0.25, -0.2) is 9.67 Å². The van der Waals surface area contributed by atoms with E-state index in [1.165, 1.54) is 0 Å². The van der Waals surface area contributed by atoms with Gasteiger partial charge in [0.25, 0.3) is 0 Å². The topological polar surface area (TPSA) is 84.2 Å². The van der Waals surface area contributed by atoms with Gasteiger partial charge >= 0.3 is 0 Å². The highest BCUT2D eigenvalue weighted by atomic mass is 16.5. The molecule has 8 nitrogen and oxygen atoms in total. The molecular formula is C24H25N5O3. The van der Waals surface area contributed by atoms with Crippen LogP contribution in [0.5, 0.6) is 11.5 Å². The van der Waals surface area contributed by atoms with E-state index in [2.05, 4.69) is 9.97 Å². The maximum atomic E-state index is 5.77. The standard InChI is InChI=1S/C24H25N5O3/c1-30-17-11-15(12-18(14-17)31-2)13-21-27-24(23(32-3)16-6-7-16)28-29(21)20-8-10-25-19-5-4-9-26-22(19)20/h4-5,8-12,14,16,23H,6-7,13H2,1-3H3. The second-order valence-electron chi connectivity index (χ2n) is 7.89. The average molecular weight is 431 g/mol. The lowest BCUT2D eigenvalue weighted by atomic mass is 10.1. The van der Waals surface area contributed by atoms with Gasteiger partial charge in [0.15, 0.2) is 5.82 Å². The molecule has 5 rings (SSSR count). The van der Waals surface area contributed by atoms with Crippen LogP contribution >= 0.6 is 0 Å². The predicted octanol–water partition coefficient (Wildman–Crippen LogP) is 3.92. The summed E-state index contributed by atoms with van der Waals surface area (Å²) in [6, 6.07) is 11.6. The van der Waals surface area contributed by atoms with E-state index >= 15 is 0 Å². The van der Waals surface area contributed by atoms with Crippen molar-refractivity contribution in [1.29, 1.82) is 0 Å². The molecule has 0 aliphatic heterocycles. The molecule has 164 valence electrons. The smallest absolute Gasteiger partial charge is 0.180 e. The molecule has 0 amide bonds. The summed E-state index contributed by atoms with van der Waals surface area (Å²) in [5.74, 6) is 3.41. The molecule has 8 heteroatoms. The Balaban J connectivity index is 1.63. The number of fused-ring (bicyclic) bond motifs is 1. The van der Waals surface area contributed by atoms with Crippen molar-refractivity contribution in [3.8, 4) is 17.2 Å². The molecule has 1 aliphatic rings. The molecule has 1 atom stereocenters. The Kier molecular flexibility index (Phi) is 5.45. The normalized spacial score (nSPS) is 14.5. The third-order valence-electron chi connectivity index (χ3n) is 5.73. The van der Waals surface area contributed by atoms with E-state index in [9.17, 15) is 0 Å². The van der Waals surface area contributed by atoms with Gasteiger partial charge in [-0.15, -0.1) is 5.10 Å². The van der Waals surface area contributed by atoms with Crippen LogP contribution < -0.4 is 9.47 Å². The van der Waals surface area contributed by atoms with Crippen molar-refractivity contribution in [3.63, 3.8) is 0 Å². The fraction of sp³-hybridized carbons (Fsp3) is 0.333. The molecule has 1 fully saturated rings. The molecule has 1 aromatic carbocycles. The van der Waals surface area contributed by atoms with Crippen molar-refractivity contribution in [3.05, 3.63) is 66.0 Å². The number of nitrogens with zero attached hydrogens (tertiary/aromatic N) is 5. The molecule has 1 unspecified atom stereocenters. The molecule has 3 aromatic heterocycles. The lowest BCUT2D eigenvalue weighted by Crippen LogP contribution is -2.08. The van der Waals surface area contributed by atoms with Crippen molar-refractivity contribution in [2.24, 2.45) is 5.92 Å². The number of hydrogen-bond donors (Lipinski definition) is 0. The van der Waals surface area contributed by atoms with E-state index < -0.39 is 0 Å². The minimum absolute atomic E-state index is 0.115. The number of hydrogen-bond acceptors (Lipinski definition) is 7. The molecular weight excluding hydrogens is 406 g/mol. The third kappa shape index (κ3) is 3.89. The maximum absolute atomic E-state index is 5.77. The summed E-state index contributed by atoms with van der Waals surface area (Å²) in [4.78, 5) is 13.9. The van der Waals surface area contributed by atoms with Crippen LogP contribution in [0.1, 0.15) is 36.2 Å². The monoisotopic (exact) mass is 431 g/mol. The summed E-state index contributed by atoms with van der Waals surface area (Å²) in [5.41, 5.74) is 3.43. The Hall–Kier alpha value is -3.52. The number of methoxy groups -OCH3 is 3. The summed E-state index contributed by atoms with van der Waals surface area (Å²) in [6.07, 6.45) is 6.23. The summed E-state index contributed by atoms with van der Waals surface area (Å²) in [6.45, 7) is 0. The summed E-state index contributed by atoms with van der Waals surface area (Å²) < 4.78 is 18.5. The molecule has 1 saturated carbocycles. The number of ether oxygens (including phenoxy) is 3. The van der Waals surface area contributed by atoms with Crippen LogP contribution in [-0.2, 0) is 11.2 Å². The second kappa shape index (κ2) is 8.55. The first-order chi connectivity index (χ1) is 15.7. The Bertz CT molecular complexity index is 1220. The fourth-order valence-electron chi connectivity index (χ4n) is 3.98. The van der Waals surface area contributed by atoms with Crippen LogP contribution in [-0.4, -0.2) is 46.1 Å². The van der Waals surface area contributed by atoms with Gasteiger partial charge in [0.05, 0.1) is 25.4 Å². The van der Waals surface area contributed by atoms with Gasteiger partial charge < -0.3 is 14.2 Å². The van der Waals surface area contributed by atoms with Gasteiger partial charge in [-0.1, -0.05) is 0 Å². The van der Waals surface area contributed by atoms with Gasteiger partial charge in [-0.2, -0.15) is 0 Å². The fourth-order valence-corrected chi connectivity index (χ4v) is 3.98. The first kappa shape index (κ1) is 20.4. The zero-order valence-electron chi connectivity index (χ0n) is 18.4. The van der Waals surface area contributed by atoms with Crippen LogP contribution in [0.4, 0.5) is 0 Å². The Morgan fingerprint density at radius 2 is 1.78 bits per heavy atom. The molecule has 0 spiro atoms. The average Bonchev–Trinajstić information content (AvgIpc) is 3.59. The third-order valence-corrected chi connectivity index (χ3v) is 5.73. The van der Waals surface area contributed by atoms with Crippen molar-refractivity contribution in [2.75, 3.05) is 21.3 Å². The van der Waals surface area contributed by atoms with Gasteiger partial charge in [-0.05, 0) is 54.7 Å². The molecule has 0 N–H and O–H groups in total. The summed E-state index contributed by atoms with van der Waals surface area (Å²) in [5, 5.41) is 4.89. The molecule has 3 heterocycles. The van der Waals surface area contributed by atoms with E-state index in [0.29, 0.717) is 18.2 Å². The minimum atomic E-state index is -0.115. The maximum Gasteiger partial charge on any atom is 0.180 e. The molecule has 0 radical (unpaired) electrons. The number of benzene rings is 1. The highest BCUT2D eigenvalue weighted by molar-refractivity contribution is 5.82.